The molecule has 111 heavy (non-hydrogen) atoms. The number of unbranched alkanes of at least 4 members (excludes halogenated alkanes) is 57. The summed E-state index contributed by atoms with van der Waals surface area (Å²) in [5.74, 6) is 0.313. The molecule has 19 heteroatoms. The van der Waals surface area contributed by atoms with Crippen LogP contribution in [0.1, 0.15) is 492 Å². The molecule has 0 aliphatic heterocycles. The Hall–Kier alpha value is -1.94. The van der Waals surface area contributed by atoms with Gasteiger partial charge in [0.05, 0.1) is 26.4 Å². The first-order valence-corrected chi connectivity index (χ1v) is 50.4. The van der Waals surface area contributed by atoms with Crippen LogP contribution in [-0.2, 0) is 65.4 Å². The van der Waals surface area contributed by atoms with Crippen LogP contribution >= 0.6 is 15.6 Å². The summed E-state index contributed by atoms with van der Waals surface area (Å²) in [6, 6.07) is 0. The molecule has 0 bridgehead atoms. The lowest BCUT2D eigenvalue weighted by atomic mass is 9.99. The van der Waals surface area contributed by atoms with Gasteiger partial charge in [-0.25, -0.2) is 9.13 Å². The minimum Gasteiger partial charge on any atom is -0.462 e. The number of ether oxygens (including phenoxy) is 4. The number of phosphoric acid groups is 2. The van der Waals surface area contributed by atoms with E-state index in [0.29, 0.717) is 25.7 Å². The van der Waals surface area contributed by atoms with Gasteiger partial charge in [-0.05, 0) is 43.4 Å². The Balaban J connectivity index is 5.25. The maximum atomic E-state index is 13.2. The first-order chi connectivity index (χ1) is 53.8. The van der Waals surface area contributed by atoms with Gasteiger partial charge in [-0.3, -0.25) is 37.3 Å². The molecule has 3 N–H and O–H groups in total. The molecule has 0 aromatic rings. The monoisotopic (exact) mass is 1620 g/mol. The van der Waals surface area contributed by atoms with Crippen molar-refractivity contribution in [3.63, 3.8) is 0 Å². The Kier molecular flexibility index (Phi) is 80.4. The summed E-state index contributed by atoms with van der Waals surface area (Å²) in [6.07, 6.45) is 75.0. The number of carbonyl (C=O) groups excluding carboxylic acids is 4. The predicted octanol–water partition coefficient (Wildman–Crippen LogP) is 28.4. The molecule has 0 radical (unpaired) electrons. The van der Waals surface area contributed by atoms with Crippen LogP contribution in [0.15, 0.2) is 0 Å². The number of aliphatic hydroxyl groups is 1. The van der Waals surface area contributed by atoms with E-state index >= 15 is 0 Å². The summed E-state index contributed by atoms with van der Waals surface area (Å²) < 4.78 is 69.1. The summed E-state index contributed by atoms with van der Waals surface area (Å²) in [7, 11) is -9.94. The van der Waals surface area contributed by atoms with Crippen molar-refractivity contribution in [2.75, 3.05) is 39.6 Å². The van der Waals surface area contributed by atoms with Crippen molar-refractivity contribution in [1.29, 1.82) is 0 Å². The van der Waals surface area contributed by atoms with Crippen LogP contribution in [0.4, 0.5) is 0 Å². The quantitative estimate of drug-likeness (QED) is 0.0222. The van der Waals surface area contributed by atoms with Crippen molar-refractivity contribution >= 4 is 39.5 Å². The average Bonchev–Trinajstić information content (AvgIpc) is 0.895. The van der Waals surface area contributed by atoms with Crippen LogP contribution in [0, 0.1) is 17.8 Å². The lowest BCUT2D eigenvalue weighted by Crippen LogP contribution is -2.30. The lowest BCUT2D eigenvalue weighted by Gasteiger charge is -2.21. The molecule has 660 valence electrons. The van der Waals surface area contributed by atoms with Gasteiger partial charge in [-0.2, -0.15) is 0 Å². The minimum absolute atomic E-state index is 0.108. The van der Waals surface area contributed by atoms with Gasteiger partial charge < -0.3 is 33.8 Å². The van der Waals surface area contributed by atoms with E-state index in [0.717, 1.165) is 108 Å². The zero-order chi connectivity index (χ0) is 81.5. The fraction of sp³-hybridized carbons (Fsp3) is 0.957. The Morgan fingerprint density at radius 3 is 0.685 bits per heavy atom. The Morgan fingerprint density at radius 1 is 0.261 bits per heavy atom. The van der Waals surface area contributed by atoms with E-state index in [1.165, 1.54) is 302 Å². The van der Waals surface area contributed by atoms with Gasteiger partial charge in [0.25, 0.3) is 0 Å². The molecule has 17 nitrogen and oxygen atoms in total. The fourth-order valence-corrected chi connectivity index (χ4v) is 16.0. The molecule has 0 fully saturated rings. The molecular formula is C92H180O17P2. The molecule has 0 saturated heterocycles. The molecule has 0 aromatic heterocycles. The number of phosphoric ester groups is 2. The van der Waals surface area contributed by atoms with Crippen molar-refractivity contribution in [3.05, 3.63) is 0 Å². The summed E-state index contributed by atoms with van der Waals surface area (Å²) in [6.45, 7) is 12.1. The van der Waals surface area contributed by atoms with Gasteiger partial charge in [0, 0.05) is 25.7 Å². The van der Waals surface area contributed by atoms with Crippen LogP contribution < -0.4 is 0 Å². The zero-order valence-corrected chi connectivity index (χ0v) is 75.2. The average molecular weight is 1620 g/mol. The Morgan fingerprint density at radius 2 is 0.459 bits per heavy atom. The van der Waals surface area contributed by atoms with E-state index in [9.17, 15) is 43.2 Å². The van der Waals surface area contributed by atoms with Gasteiger partial charge >= 0.3 is 39.5 Å². The third-order valence-electron chi connectivity index (χ3n) is 22.0. The minimum atomic E-state index is -4.97. The topological polar surface area (TPSA) is 237 Å². The van der Waals surface area contributed by atoms with Crippen molar-refractivity contribution < 1.29 is 80.2 Å². The maximum absolute atomic E-state index is 13.2. The standard InChI is InChI=1S/C92H180O17P2/c1-8-10-11-12-13-14-15-16-17-18-19-20-24-27-33-38-45-52-59-66-73-89(94)102-79-87(108-91(96)75-68-61-54-46-39-34-28-25-22-21-23-26-31-36-42-49-56-63-70-83(3)4)81-106-110(98,99)104-77-86(93)78-105-111(100,101)107-82-88(80-103-90(95)74-67-60-53-48-41-43-50-57-64-71-84(5)6)109-92(97)76-69-62-55-47-40-35-30-29-32-37-44-51-58-65-72-85(7)9-2/h83-88,93H,8-82H2,1-7H3,(H,98,99)(H,100,101)/t85?,86-,87-,88-/m1/s1. The summed E-state index contributed by atoms with van der Waals surface area (Å²) in [5.41, 5.74) is 0. The van der Waals surface area contributed by atoms with E-state index in [1.807, 2.05) is 0 Å². The normalized spacial score (nSPS) is 14.0. The highest BCUT2D eigenvalue weighted by atomic mass is 31.2. The van der Waals surface area contributed by atoms with E-state index < -0.39 is 97.5 Å². The van der Waals surface area contributed by atoms with Crippen LogP contribution in [0.5, 0.6) is 0 Å². The number of rotatable bonds is 90. The second-order valence-electron chi connectivity index (χ2n) is 34.2. The molecule has 3 unspecified atom stereocenters. The van der Waals surface area contributed by atoms with Crippen LogP contribution in [-0.4, -0.2) is 96.7 Å². The van der Waals surface area contributed by atoms with Crippen molar-refractivity contribution in [2.24, 2.45) is 17.8 Å². The van der Waals surface area contributed by atoms with Crippen LogP contribution in [0.25, 0.3) is 0 Å². The van der Waals surface area contributed by atoms with Crippen LogP contribution in [0.3, 0.4) is 0 Å². The smallest absolute Gasteiger partial charge is 0.462 e. The lowest BCUT2D eigenvalue weighted by molar-refractivity contribution is -0.161. The summed E-state index contributed by atoms with van der Waals surface area (Å²) in [5, 5.41) is 10.7. The molecular weight excluding hydrogens is 1440 g/mol. The molecule has 0 aromatic carbocycles. The van der Waals surface area contributed by atoms with E-state index in [2.05, 4.69) is 48.5 Å². The highest BCUT2D eigenvalue weighted by Crippen LogP contribution is 2.45. The molecule has 0 heterocycles. The van der Waals surface area contributed by atoms with Crippen LogP contribution in [0.2, 0.25) is 0 Å². The Labute approximate surface area is 683 Å². The van der Waals surface area contributed by atoms with Crippen molar-refractivity contribution in [1.82, 2.24) is 0 Å². The van der Waals surface area contributed by atoms with Gasteiger partial charge in [0.1, 0.15) is 19.3 Å². The van der Waals surface area contributed by atoms with Gasteiger partial charge in [-0.15, -0.1) is 0 Å². The molecule has 0 aliphatic rings. The molecule has 6 atom stereocenters. The largest absolute Gasteiger partial charge is 0.472 e. The van der Waals surface area contributed by atoms with E-state index in [-0.39, 0.29) is 25.7 Å². The molecule has 0 saturated carbocycles. The highest BCUT2D eigenvalue weighted by molar-refractivity contribution is 7.47. The number of carbonyl (C=O) groups is 4. The van der Waals surface area contributed by atoms with Gasteiger partial charge in [-0.1, -0.05) is 440 Å². The predicted molar refractivity (Wildman–Crippen MR) is 460 cm³/mol. The highest BCUT2D eigenvalue weighted by Gasteiger charge is 2.31. The SMILES string of the molecule is CCCCCCCCCCCCCCCCCCCCCCC(=O)OC[C@H](COP(=O)(O)OC[C@@H](O)COP(=O)(O)OC[C@@H](COC(=O)CCCCCCCCCCCC(C)C)OC(=O)CCCCCCCCCCCCCCCCC(C)CC)OC(=O)CCCCCCCCCCCCCCCCCCCCC(C)C. The third-order valence-corrected chi connectivity index (χ3v) is 23.9. The zero-order valence-electron chi connectivity index (χ0n) is 73.4. The number of hydrogen-bond donors (Lipinski definition) is 3. The third kappa shape index (κ3) is 84.3. The molecule has 0 spiro atoms. The second kappa shape index (κ2) is 81.8. The van der Waals surface area contributed by atoms with Gasteiger partial charge in [0.2, 0.25) is 0 Å². The number of aliphatic hydroxyl groups excluding tert-OH is 1. The fourth-order valence-electron chi connectivity index (χ4n) is 14.4. The first kappa shape index (κ1) is 109. The summed E-state index contributed by atoms with van der Waals surface area (Å²) in [4.78, 5) is 73.5. The number of hydrogen-bond acceptors (Lipinski definition) is 15. The van der Waals surface area contributed by atoms with Crippen molar-refractivity contribution in [3.8, 4) is 0 Å². The maximum Gasteiger partial charge on any atom is 0.472 e. The molecule has 0 amide bonds. The number of esters is 4. The molecule has 0 aliphatic carbocycles. The summed E-state index contributed by atoms with van der Waals surface area (Å²) >= 11 is 0. The Bertz CT molecular complexity index is 2130. The second-order valence-corrected chi connectivity index (χ2v) is 37.2. The van der Waals surface area contributed by atoms with Crippen molar-refractivity contribution in [2.45, 2.75) is 510 Å². The molecule has 0 rings (SSSR count). The van der Waals surface area contributed by atoms with E-state index in [1.54, 1.807) is 0 Å². The van der Waals surface area contributed by atoms with Gasteiger partial charge in [0.15, 0.2) is 12.2 Å². The van der Waals surface area contributed by atoms with E-state index in [4.69, 9.17) is 37.0 Å². The first-order valence-electron chi connectivity index (χ1n) is 47.4.